The minimum atomic E-state index is -4.71. The normalized spacial score (nSPS) is 23.7. The van der Waals surface area contributed by atoms with Gasteiger partial charge in [-0.05, 0) is 41.9 Å². The number of carbonyl (C=O) groups excluding carboxylic acids is 1. The minimum Gasteiger partial charge on any atom is -0.322 e. The van der Waals surface area contributed by atoms with Crippen molar-refractivity contribution in [1.29, 1.82) is 0 Å². The first kappa shape index (κ1) is 18.6. The number of fused-ring (bicyclic) bond motifs is 5. The van der Waals surface area contributed by atoms with Gasteiger partial charge in [0.1, 0.15) is 4.84 Å². The minimum absolute atomic E-state index is 0.0607. The smallest absolute Gasteiger partial charge is 0.322 e. The Balaban J connectivity index is 1.68. The zero-order valence-corrected chi connectivity index (χ0v) is 15.7. The van der Waals surface area contributed by atoms with Gasteiger partial charge in [0.2, 0.25) is 0 Å². The second kappa shape index (κ2) is 6.41. The molecule has 1 aromatic carbocycles. The molecule has 4 nitrogen and oxygen atoms in total. The third kappa shape index (κ3) is 3.01. The van der Waals surface area contributed by atoms with E-state index in [-0.39, 0.29) is 17.8 Å². The van der Waals surface area contributed by atoms with Crippen molar-refractivity contribution in [2.45, 2.75) is 35.7 Å². The molecule has 0 saturated heterocycles. The van der Waals surface area contributed by atoms with E-state index in [1.54, 1.807) is 12.1 Å². The van der Waals surface area contributed by atoms with Crippen LogP contribution in [0, 0.1) is 5.92 Å². The highest BCUT2D eigenvalue weighted by Crippen LogP contribution is 2.61. The van der Waals surface area contributed by atoms with E-state index in [1.807, 2.05) is 6.07 Å². The van der Waals surface area contributed by atoms with E-state index in [0.29, 0.717) is 5.69 Å². The highest BCUT2D eigenvalue weighted by molar-refractivity contribution is 6.44. The van der Waals surface area contributed by atoms with E-state index < -0.39 is 28.2 Å². The Hall–Kier alpha value is -1.73. The number of alkyl halides is 5. The van der Waals surface area contributed by atoms with Crippen LogP contribution in [0.5, 0.6) is 0 Å². The van der Waals surface area contributed by atoms with E-state index in [4.69, 9.17) is 23.2 Å². The Bertz CT molecular complexity index is 910. The summed E-state index contributed by atoms with van der Waals surface area (Å²) in [4.78, 5) is 12.1. The SMILES string of the molecule is Cn1cc(C(=O)Nc2cccc3c2C2CCC3C2C(Cl)Cl)c(C(F)(F)F)n1. The number of anilines is 1. The summed E-state index contributed by atoms with van der Waals surface area (Å²) in [7, 11) is 1.34. The Kier molecular flexibility index (Phi) is 4.42. The number of aryl methyl sites for hydroxylation is 1. The molecular weight excluding hydrogens is 402 g/mol. The van der Waals surface area contributed by atoms with Gasteiger partial charge in [-0.2, -0.15) is 18.3 Å². The molecule has 2 aromatic rings. The van der Waals surface area contributed by atoms with Crippen LogP contribution in [-0.4, -0.2) is 20.5 Å². The van der Waals surface area contributed by atoms with Gasteiger partial charge in [0.15, 0.2) is 5.69 Å². The topological polar surface area (TPSA) is 46.9 Å². The third-order valence-corrected chi connectivity index (χ3v) is 6.09. The monoisotopic (exact) mass is 417 g/mol. The maximum Gasteiger partial charge on any atom is 0.435 e. The molecule has 1 heterocycles. The Morgan fingerprint density at radius 2 is 2.00 bits per heavy atom. The molecule has 4 rings (SSSR count). The number of hydrogen-bond donors (Lipinski definition) is 1. The summed E-state index contributed by atoms with van der Waals surface area (Å²) in [6.07, 6.45) is -1.77. The standard InChI is InChI=1S/C18H16Cl2F3N3O/c1-26-7-11(15(25-26)18(21,22)23)17(27)24-12-4-2-3-8-9-5-6-10(13(8)12)14(9)16(19)20/h2-4,7,9-10,14,16H,5-6H2,1H3,(H,24,27). The first-order valence-corrected chi connectivity index (χ1v) is 9.39. The van der Waals surface area contributed by atoms with Crippen molar-refractivity contribution in [3.8, 4) is 0 Å². The number of halogens is 5. The Morgan fingerprint density at radius 1 is 1.30 bits per heavy atom. The highest BCUT2D eigenvalue weighted by Gasteiger charge is 2.49. The number of nitrogens with one attached hydrogen (secondary N) is 1. The quantitative estimate of drug-likeness (QED) is 0.707. The largest absolute Gasteiger partial charge is 0.435 e. The van der Waals surface area contributed by atoms with E-state index in [9.17, 15) is 18.0 Å². The van der Waals surface area contributed by atoms with Crippen molar-refractivity contribution >= 4 is 34.8 Å². The number of nitrogens with zero attached hydrogens (tertiary/aromatic N) is 2. The second-order valence-corrected chi connectivity index (χ2v) is 8.19. The van der Waals surface area contributed by atoms with E-state index in [0.717, 1.165) is 34.8 Å². The molecule has 0 aliphatic heterocycles. The van der Waals surface area contributed by atoms with Crippen molar-refractivity contribution in [3.05, 3.63) is 46.8 Å². The van der Waals surface area contributed by atoms with Crippen LogP contribution in [0.15, 0.2) is 24.4 Å². The molecule has 1 aromatic heterocycles. The van der Waals surface area contributed by atoms with Gasteiger partial charge in [-0.3, -0.25) is 9.48 Å². The van der Waals surface area contributed by atoms with Gasteiger partial charge in [0.05, 0.1) is 5.56 Å². The summed E-state index contributed by atoms with van der Waals surface area (Å²) in [5.41, 5.74) is 0.824. The molecule has 2 aliphatic rings. The van der Waals surface area contributed by atoms with Crippen LogP contribution < -0.4 is 5.32 Å². The summed E-state index contributed by atoms with van der Waals surface area (Å²) < 4.78 is 40.5. The summed E-state index contributed by atoms with van der Waals surface area (Å²) in [5, 5.41) is 6.04. The lowest BCUT2D eigenvalue weighted by molar-refractivity contribution is -0.141. The van der Waals surface area contributed by atoms with Crippen LogP contribution >= 0.6 is 23.2 Å². The van der Waals surface area contributed by atoms with E-state index in [1.165, 1.54) is 7.05 Å². The maximum atomic E-state index is 13.2. The fraction of sp³-hybridized carbons (Fsp3) is 0.444. The molecular formula is C18H16Cl2F3N3O. The van der Waals surface area contributed by atoms with Crippen molar-refractivity contribution < 1.29 is 18.0 Å². The van der Waals surface area contributed by atoms with Crippen LogP contribution in [-0.2, 0) is 13.2 Å². The first-order valence-electron chi connectivity index (χ1n) is 8.51. The molecule has 2 aliphatic carbocycles. The Morgan fingerprint density at radius 3 is 2.67 bits per heavy atom. The van der Waals surface area contributed by atoms with Gasteiger partial charge in [-0.15, -0.1) is 23.2 Å². The van der Waals surface area contributed by atoms with Crippen LogP contribution in [0.3, 0.4) is 0 Å². The maximum absolute atomic E-state index is 13.2. The lowest BCUT2D eigenvalue weighted by Crippen LogP contribution is -2.19. The molecule has 3 atom stereocenters. The van der Waals surface area contributed by atoms with Crippen LogP contribution in [0.1, 0.15) is 51.9 Å². The molecule has 0 spiro atoms. The summed E-state index contributed by atoms with van der Waals surface area (Å²) in [6, 6.07) is 5.47. The van der Waals surface area contributed by atoms with E-state index in [2.05, 4.69) is 10.4 Å². The van der Waals surface area contributed by atoms with Gasteiger partial charge in [0.25, 0.3) is 5.91 Å². The number of rotatable bonds is 3. The zero-order chi connectivity index (χ0) is 19.5. The fourth-order valence-electron chi connectivity index (χ4n) is 4.56. The summed E-state index contributed by atoms with van der Waals surface area (Å²) >= 11 is 12.3. The number of benzene rings is 1. The fourth-order valence-corrected chi connectivity index (χ4v) is 5.26. The average molecular weight is 418 g/mol. The number of carbonyl (C=O) groups is 1. The summed E-state index contributed by atoms with van der Waals surface area (Å²) in [5.74, 6) is -0.467. The molecule has 144 valence electrons. The average Bonchev–Trinajstić information content (AvgIpc) is 3.25. The molecule has 1 N–H and O–H groups in total. The lowest BCUT2D eigenvalue weighted by atomic mass is 9.90. The molecule has 2 bridgehead atoms. The van der Waals surface area contributed by atoms with Crippen molar-refractivity contribution in [2.75, 3.05) is 5.32 Å². The predicted molar refractivity (Wildman–Crippen MR) is 96.3 cm³/mol. The number of hydrogen-bond acceptors (Lipinski definition) is 2. The zero-order valence-electron chi connectivity index (χ0n) is 14.2. The molecule has 1 amide bonds. The molecule has 0 radical (unpaired) electrons. The third-order valence-electron chi connectivity index (χ3n) is 5.51. The summed E-state index contributed by atoms with van der Waals surface area (Å²) in [6.45, 7) is 0. The van der Waals surface area contributed by atoms with Gasteiger partial charge >= 0.3 is 6.18 Å². The lowest BCUT2D eigenvalue weighted by Gasteiger charge is -2.19. The predicted octanol–water partition coefficient (Wildman–Crippen LogP) is 5.09. The first-order chi connectivity index (χ1) is 12.7. The highest BCUT2D eigenvalue weighted by atomic mass is 35.5. The number of aromatic nitrogens is 2. The van der Waals surface area contributed by atoms with Crippen molar-refractivity contribution in [2.24, 2.45) is 13.0 Å². The molecule has 27 heavy (non-hydrogen) atoms. The van der Waals surface area contributed by atoms with Crippen molar-refractivity contribution in [3.63, 3.8) is 0 Å². The van der Waals surface area contributed by atoms with Gasteiger partial charge in [-0.25, -0.2) is 0 Å². The van der Waals surface area contributed by atoms with Crippen LogP contribution in [0.2, 0.25) is 0 Å². The molecule has 3 unspecified atom stereocenters. The van der Waals surface area contributed by atoms with Crippen molar-refractivity contribution in [1.82, 2.24) is 9.78 Å². The van der Waals surface area contributed by atoms with Gasteiger partial charge < -0.3 is 5.32 Å². The number of amides is 1. The van der Waals surface area contributed by atoms with E-state index >= 15 is 0 Å². The molecule has 1 saturated carbocycles. The van der Waals surface area contributed by atoms with Gasteiger partial charge in [-0.1, -0.05) is 12.1 Å². The molecule has 1 fully saturated rings. The Labute approximate surface area is 163 Å². The van der Waals surface area contributed by atoms with Gasteiger partial charge in [0, 0.05) is 24.8 Å². The van der Waals surface area contributed by atoms with Crippen LogP contribution in [0.4, 0.5) is 18.9 Å². The second-order valence-electron chi connectivity index (χ2n) is 7.03. The van der Waals surface area contributed by atoms with Crippen LogP contribution in [0.25, 0.3) is 0 Å². The molecule has 9 heteroatoms.